The van der Waals surface area contributed by atoms with E-state index in [2.05, 4.69) is 170 Å². The first-order chi connectivity index (χ1) is 31.6. The zero-order chi connectivity index (χ0) is 44.4. The number of benzene rings is 8. The van der Waals surface area contributed by atoms with E-state index in [9.17, 15) is 2.74 Å². The molecule has 0 amide bonds. The number of anilines is 6. The van der Waals surface area contributed by atoms with E-state index >= 15 is 0 Å². The van der Waals surface area contributed by atoms with Gasteiger partial charge in [0.25, 0.3) is 0 Å². The molecule has 0 saturated heterocycles. The van der Waals surface area contributed by atoms with E-state index in [1.807, 2.05) is 41.3 Å². The number of hydrogen-bond acceptors (Lipinski definition) is 2. The Hall–Kier alpha value is -7.16. The second-order valence-corrected chi connectivity index (χ2v) is 16.9. The molecule has 8 aromatic carbocycles. The van der Waals surface area contributed by atoms with Gasteiger partial charge in [0.2, 0.25) is 0 Å². The van der Waals surface area contributed by atoms with Crippen LogP contribution in [0.15, 0.2) is 218 Å². The molecule has 3 atom stereocenters. The van der Waals surface area contributed by atoms with E-state index in [0.717, 1.165) is 56.1 Å². The van der Waals surface area contributed by atoms with Crippen LogP contribution in [0.2, 0.25) is 0 Å². The van der Waals surface area contributed by atoms with Gasteiger partial charge in [-0.15, -0.1) is 0 Å². The van der Waals surface area contributed by atoms with Crippen molar-refractivity contribution in [1.29, 1.82) is 0 Å². The van der Waals surface area contributed by atoms with Crippen molar-refractivity contribution in [2.24, 2.45) is 5.92 Å². The van der Waals surface area contributed by atoms with E-state index in [4.69, 9.17) is 4.11 Å². The Morgan fingerprint density at radius 2 is 1.05 bits per heavy atom. The molecule has 286 valence electrons. The van der Waals surface area contributed by atoms with E-state index < -0.39 is 11.5 Å². The van der Waals surface area contributed by atoms with Crippen molar-refractivity contribution >= 4 is 34.1 Å². The van der Waals surface area contributed by atoms with Crippen molar-refractivity contribution in [3.63, 3.8) is 0 Å². The Morgan fingerprint density at radius 3 is 1.80 bits per heavy atom. The van der Waals surface area contributed by atoms with Crippen molar-refractivity contribution in [2.75, 3.05) is 9.80 Å². The molecule has 4 aliphatic rings. The van der Waals surface area contributed by atoms with Crippen molar-refractivity contribution in [2.45, 2.75) is 30.6 Å². The highest BCUT2D eigenvalue weighted by atomic mass is 15.2. The number of para-hydroxylation sites is 3. The van der Waals surface area contributed by atoms with Crippen LogP contribution in [-0.2, 0) is 10.8 Å². The highest BCUT2D eigenvalue weighted by molar-refractivity contribution is 6.03. The summed E-state index contributed by atoms with van der Waals surface area (Å²) in [6.07, 6.45) is 9.12. The molecule has 0 N–H and O–H groups in total. The second-order valence-electron chi connectivity index (χ2n) is 16.9. The molecule has 0 heterocycles. The minimum atomic E-state index is -0.805. The number of fused-ring (bicyclic) bond motifs is 13. The molecule has 60 heavy (non-hydrogen) atoms. The SMILES string of the molecule is [2H]c1c([2H])c([2H])c(N(c2ccccc2)c2cccc3c2-c2ccccc2C32c3ccccc3-c3cccc(N(c4ccccc4)c4ccc5c(c4)C(C)(C)C4C=CC=CC54)c32)c([2H])c1[2H]. The van der Waals surface area contributed by atoms with Crippen molar-refractivity contribution in [3.8, 4) is 22.3 Å². The Bertz CT molecular complexity index is 3310. The molecule has 0 fully saturated rings. The Morgan fingerprint density at radius 1 is 0.467 bits per heavy atom. The maximum atomic E-state index is 9.29. The van der Waals surface area contributed by atoms with E-state index in [-0.39, 0.29) is 35.3 Å². The van der Waals surface area contributed by atoms with E-state index in [0.29, 0.717) is 17.5 Å². The minimum absolute atomic E-state index is 0.0830. The van der Waals surface area contributed by atoms with Crippen molar-refractivity contribution in [3.05, 3.63) is 252 Å². The average Bonchev–Trinajstić information content (AvgIpc) is 3.91. The fourth-order valence-corrected chi connectivity index (χ4v) is 11.2. The third kappa shape index (κ3) is 4.76. The first-order valence-electron chi connectivity index (χ1n) is 23.4. The topological polar surface area (TPSA) is 6.48 Å². The number of hydrogen-bond donors (Lipinski definition) is 0. The molecule has 0 aromatic heterocycles. The van der Waals surface area contributed by atoms with Crippen LogP contribution in [0.4, 0.5) is 34.1 Å². The van der Waals surface area contributed by atoms with Crippen LogP contribution in [0, 0.1) is 5.92 Å². The fourth-order valence-electron chi connectivity index (χ4n) is 11.2. The number of allylic oxidation sites excluding steroid dienone is 4. The maximum Gasteiger partial charge on any atom is 0.0746 e. The van der Waals surface area contributed by atoms with Gasteiger partial charge in [0.1, 0.15) is 0 Å². The van der Waals surface area contributed by atoms with Gasteiger partial charge < -0.3 is 9.80 Å². The quantitative estimate of drug-likeness (QED) is 0.166. The summed E-state index contributed by atoms with van der Waals surface area (Å²) in [5.74, 6) is 0.710. The molecule has 3 unspecified atom stereocenters. The van der Waals surface area contributed by atoms with E-state index in [1.54, 1.807) is 0 Å². The van der Waals surface area contributed by atoms with Crippen LogP contribution < -0.4 is 9.80 Å². The largest absolute Gasteiger partial charge is 0.310 e. The molecule has 1 spiro atoms. The first kappa shape index (κ1) is 30.0. The van der Waals surface area contributed by atoms with Gasteiger partial charge in [0, 0.05) is 39.8 Å². The van der Waals surface area contributed by atoms with Crippen LogP contribution in [0.3, 0.4) is 0 Å². The normalized spacial score (nSPS) is 20.4. The Labute approximate surface area is 360 Å². The van der Waals surface area contributed by atoms with Gasteiger partial charge in [-0.2, -0.15) is 0 Å². The monoisotopic (exact) mass is 773 g/mol. The molecule has 0 bridgehead atoms. The lowest BCUT2D eigenvalue weighted by Crippen LogP contribution is -2.28. The van der Waals surface area contributed by atoms with Crippen LogP contribution in [0.25, 0.3) is 22.3 Å². The third-order valence-electron chi connectivity index (χ3n) is 13.6. The van der Waals surface area contributed by atoms with Crippen LogP contribution in [0.1, 0.15) is 60.0 Å². The number of rotatable bonds is 6. The molecule has 2 nitrogen and oxygen atoms in total. The lowest BCUT2D eigenvalue weighted by molar-refractivity contribution is 0.394. The standard InChI is InChI=1S/C58H44N2/c1-57(2)48-30-15-12-26-43(48)45-37-36-42(38-52(45)57)60(41-24-10-5-11-25-41)54-35-18-29-46-44-27-13-16-31-49(44)58(56(46)54)50-32-17-14-28-47(50)55-51(58)33-19-34-53(55)59(39-20-6-3-7-21-39)40-22-8-4-9-23-40/h3-38,43,48H,1-2H3/i3D,6D,7D,20D,21D. The molecular weight excluding hydrogens is 725 g/mol. The second kappa shape index (κ2) is 13.2. The number of nitrogens with zero attached hydrogens (tertiary/aromatic N) is 2. The van der Waals surface area contributed by atoms with Gasteiger partial charge in [-0.3, -0.25) is 0 Å². The Balaban J connectivity index is 1.17. The lowest BCUT2D eigenvalue weighted by Gasteiger charge is -2.36. The molecule has 0 radical (unpaired) electrons. The summed E-state index contributed by atoms with van der Waals surface area (Å²) in [4.78, 5) is 4.32. The van der Waals surface area contributed by atoms with Gasteiger partial charge in [0.15, 0.2) is 0 Å². The smallest absolute Gasteiger partial charge is 0.0746 e. The molecule has 12 rings (SSSR count). The van der Waals surface area contributed by atoms with Crippen LogP contribution in [0.5, 0.6) is 0 Å². The minimum Gasteiger partial charge on any atom is -0.310 e. The highest BCUT2D eigenvalue weighted by Gasteiger charge is 2.54. The molecular formula is C58H44N2. The molecule has 0 saturated carbocycles. The molecule has 8 aromatic rings. The molecule has 2 heteroatoms. The maximum absolute atomic E-state index is 9.29. The first-order valence-corrected chi connectivity index (χ1v) is 20.9. The third-order valence-corrected chi connectivity index (χ3v) is 13.6. The van der Waals surface area contributed by atoms with E-state index in [1.165, 1.54) is 22.3 Å². The zero-order valence-corrected chi connectivity index (χ0v) is 33.4. The van der Waals surface area contributed by atoms with Gasteiger partial charge in [-0.25, -0.2) is 0 Å². The van der Waals surface area contributed by atoms with Gasteiger partial charge >= 0.3 is 0 Å². The summed E-state index contributed by atoms with van der Waals surface area (Å²) in [5, 5.41) is 0. The lowest BCUT2D eigenvalue weighted by atomic mass is 9.70. The summed E-state index contributed by atoms with van der Waals surface area (Å²) in [7, 11) is 0. The highest BCUT2D eigenvalue weighted by Crippen LogP contribution is 2.67. The summed E-state index contributed by atoms with van der Waals surface area (Å²) >= 11 is 0. The van der Waals surface area contributed by atoms with Gasteiger partial charge in [0.05, 0.1) is 23.6 Å². The van der Waals surface area contributed by atoms with Crippen molar-refractivity contribution < 1.29 is 6.85 Å². The fraction of sp³-hybridized carbons (Fsp3) is 0.103. The predicted octanol–water partition coefficient (Wildman–Crippen LogP) is 15.1. The summed E-state index contributed by atoms with van der Waals surface area (Å²) in [5.41, 5.74) is 15.4. The zero-order valence-electron chi connectivity index (χ0n) is 38.4. The van der Waals surface area contributed by atoms with Crippen molar-refractivity contribution in [1.82, 2.24) is 0 Å². The van der Waals surface area contributed by atoms with Crippen LogP contribution >= 0.6 is 0 Å². The Kier molecular flexibility index (Phi) is 6.58. The van der Waals surface area contributed by atoms with Gasteiger partial charge in [-0.05, 0) is 116 Å². The summed E-state index contributed by atoms with van der Waals surface area (Å²) in [6.45, 7) is 4.77. The summed E-state index contributed by atoms with van der Waals surface area (Å²) < 4.78 is 44.6. The molecule has 4 aliphatic carbocycles. The summed E-state index contributed by atoms with van der Waals surface area (Å²) in [6, 6.07) is 56.2. The average molecular weight is 774 g/mol. The molecule has 0 aliphatic heterocycles. The van der Waals surface area contributed by atoms with Gasteiger partial charge in [-0.1, -0.05) is 172 Å². The van der Waals surface area contributed by atoms with Crippen LogP contribution in [-0.4, -0.2) is 0 Å². The predicted molar refractivity (Wildman–Crippen MR) is 250 cm³/mol.